The topological polar surface area (TPSA) is 74.5 Å². The summed E-state index contributed by atoms with van der Waals surface area (Å²) in [4.78, 5) is 27.1. The number of hydrogen-bond donors (Lipinski definition) is 1. The number of carbonyl (C=O) groups is 1. The first-order valence-corrected chi connectivity index (χ1v) is 13.0. The molecule has 7 nitrogen and oxygen atoms in total. The molecular weight excluding hydrogens is 446 g/mol. The first-order chi connectivity index (χ1) is 16.4. The lowest BCUT2D eigenvalue weighted by molar-refractivity contribution is 0.0930. The number of benzene rings is 1. The zero-order chi connectivity index (χ0) is 24.1. The molecule has 4 rings (SSSR count). The summed E-state index contributed by atoms with van der Waals surface area (Å²) in [5.41, 5.74) is 3.80. The zero-order valence-electron chi connectivity index (χ0n) is 20.4. The Balaban J connectivity index is 1.30. The number of aryl methyl sites for hydroxylation is 2. The van der Waals surface area contributed by atoms with Gasteiger partial charge in [-0.25, -0.2) is 9.97 Å². The number of anilines is 1. The summed E-state index contributed by atoms with van der Waals surface area (Å²) >= 11 is 1.45. The normalized spacial score (nSPS) is 15.4. The van der Waals surface area contributed by atoms with Gasteiger partial charge in [-0.3, -0.25) is 9.69 Å². The molecule has 1 aromatic carbocycles. The number of hydrogen-bond acceptors (Lipinski definition) is 7. The lowest BCUT2D eigenvalue weighted by Gasteiger charge is -2.36. The number of thioether (sulfide) groups is 1. The fourth-order valence-electron chi connectivity index (χ4n) is 4.27. The molecule has 0 bridgehead atoms. The van der Waals surface area contributed by atoms with Crippen LogP contribution in [0.1, 0.15) is 35.0 Å². The average molecular weight is 480 g/mol. The van der Waals surface area contributed by atoms with Crippen LogP contribution in [0.5, 0.6) is 0 Å². The van der Waals surface area contributed by atoms with Crippen molar-refractivity contribution >= 4 is 23.4 Å². The minimum Gasteiger partial charge on any atom is -0.461 e. The Morgan fingerprint density at radius 2 is 1.94 bits per heavy atom. The van der Waals surface area contributed by atoms with Crippen LogP contribution in [0, 0.1) is 13.8 Å². The zero-order valence-corrected chi connectivity index (χ0v) is 21.2. The Morgan fingerprint density at radius 3 is 2.62 bits per heavy atom. The first kappa shape index (κ1) is 24.3. The minimum absolute atomic E-state index is 0.0566. The summed E-state index contributed by atoms with van der Waals surface area (Å²) in [6.45, 7) is 11.1. The number of amides is 1. The van der Waals surface area contributed by atoms with Crippen LogP contribution in [-0.2, 0) is 0 Å². The molecule has 0 saturated carbocycles. The van der Waals surface area contributed by atoms with Crippen LogP contribution < -0.4 is 10.2 Å². The predicted molar refractivity (Wildman–Crippen MR) is 138 cm³/mol. The SMILES string of the molecule is CSc1nc(-c2ccco2)nc(C)c1C(=O)NC(C)CCN1CCN(c2cccc(C)c2)CC1. The molecule has 0 spiro atoms. The molecule has 1 atom stereocenters. The van der Waals surface area contributed by atoms with E-state index < -0.39 is 0 Å². The third kappa shape index (κ3) is 5.80. The lowest BCUT2D eigenvalue weighted by Crippen LogP contribution is -2.47. The van der Waals surface area contributed by atoms with Crippen molar-refractivity contribution in [2.75, 3.05) is 43.9 Å². The van der Waals surface area contributed by atoms with E-state index in [-0.39, 0.29) is 11.9 Å². The Morgan fingerprint density at radius 1 is 1.15 bits per heavy atom. The summed E-state index contributed by atoms with van der Waals surface area (Å²) < 4.78 is 5.42. The van der Waals surface area contributed by atoms with Crippen molar-refractivity contribution in [3.8, 4) is 11.6 Å². The molecule has 3 aromatic rings. The third-order valence-electron chi connectivity index (χ3n) is 6.21. The van der Waals surface area contributed by atoms with Gasteiger partial charge in [0, 0.05) is 44.5 Å². The van der Waals surface area contributed by atoms with Gasteiger partial charge < -0.3 is 14.6 Å². The largest absolute Gasteiger partial charge is 0.461 e. The second kappa shape index (κ2) is 11.1. The molecule has 180 valence electrons. The molecule has 1 N–H and O–H groups in total. The lowest BCUT2D eigenvalue weighted by atomic mass is 10.1. The highest BCUT2D eigenvalue weighted by Gasteiger charge is 2.22. The van der Waals surface area contributed by atoms with Crippen molar-refractivity contribution in [1.82, 2.24) is 20.2 Å². The molecule has 0 aliphatic carbocycles. The molecule has 1 unspecified atom stereocenters. The van der Waals surface area contributed by atoms with Gasteiger partial charge in [0.25, 0.3) is 5.91 Å². The van der Waals surface area contributed by atoms with E-state index >= 15 is 0 Å². The molecule has 1 amide bonds. The molecule has 0 radical (unpaired) electrons. The Hall–Kier alpha value is -2.84. The summed E-state index contributed by atoms with van der Waals surface area (Å²) in [6.07, 6.45) is 4.41. The van der Waals surface area contributed by atoms with Crippen LogP contribution in [-0.4, -0.2) is 65.8 Å². The second-order valence-corrected chi connectivity index (χ2v) is 9.62. The van der Waals surface area contributed by atoms with Crippen LogP contribution in [0.15, 0.2) is 52.1 Å². The van der Waals surface area contributed by atoms with Gasteiger partial charge in [0.05, 0.1) is 17.5 Å². The molecule has 3 heterocycles. The molecule has 2 aromatic heterocycles. The maximum Gasteiger partial charge on any atom is 0.256 e. The summed E-state index contributed by atoms with van der Waals surface area (Å²) in [6, 6.07) is 12.4. The molecule has 8 heteroatoms. The standard InChI is InChI=1S/C26H33N5O2S/c1-18-7-5-8-21(17-18)31-14-12-30(13-15-31)11-10-19(2)27-25(32)23-20(3)28-24(29-26(23)34-4)22-9-6-16-33-22/h5-9,16-17,19H,10-15H2,1-4H3,(H,27,32). The van der Waals surface area contributed by atoms with Gasteiger partial charge in [-0.1, -0.05) is 12.1 Å². The molecule has 1 aliphatic rings. The third-order valence-corrected chi connectivity index (χ3v) is 6.90. The number of carbonyl (C=O) groups excluding carboxylic acids is 1. The van der Waals surface area contributed by atoms with Gasteiger partial charge >= 0.3 is 0 Å². The van der Waals surface area contributed by atoms with Gasteiger partial charge in [0.1, 0.15) is 5.03 Å². The van der Waals surface area contributed by atoms with Crippen molar-refractivity contribution in [2.45, 2.75) is 38.3 Å². The molecule has 1 fully saturated rings. The van der Waals surface area contributed by atoms with Crippen molar-refractivity contribution in [3.05, 3.63) is 59.5 Å². The average Bonchev–Trinajstić information content (AvgIpc) is 3.37. The van der Waals surface area contributed by atoms with Crippen molar-refractivity contribution in [2.24, 2.45) is 0 Å². The number of aromatic nitrogens is 2. The van der Waals surface area contributed by atoms with Gasteiger partial charge in [0.2, 0.25) is 0 Å². The minimum atomic E-state index is -0.121. The van der Waals surface area contributed by atoms with E-state index in [0.717, 1.165) is 39.1 Å². The van der Waals surface area contributed by atoms with E-state index in [0.29, 0.717) is 27.9 Å². The predicted octanol–water partition coefficient (Wildman–Crippen LogP) is 4.41. The highest BCUT2D eigenvalue weighted by atomic mass is 32.2. The number of furan rings is 1. The van der Waals surface area contributed by atoms with Gasteiger partial charge in [0.15, 0.2) is 11.6 Å². The monoisotopic (exact) mass is 479 g/mol. The number of rotatable bonds is 8. The quantitative estimate of drug-likeness (QED) is 0.379. The van der Waals surface area contributed by atoms with E-state index in [4.69, 9.17) is 4.42 Å². The fourth-order valence-corrected chi connectivity index (χ4v) is 4.89. The van der Waals surface area contributed by atoms with E-state index in [1.54, 1.807) is 12.3 Å². The van der Waals surface area contributed by atoms with E-state index in [9.17, 15) is 4.79 Å². The van der Waals surface area contributed by atoms with Crippen molar-refractivity contribution in [1.29, 1.82) is 0 Å². The summed E-state index contributed by atoms with van der Waals surface area (Å²) in [5.74, 6) is 0.979. The van der Waals surface area contributed by atoms with Crippen molar-refractivity contribution in [3.63, 3.8) is 0 Å². The molecule has 34 heavy (non-hydrogen) atoms. The number of nitrogens with zero attached hydrogens (tertiary/aromatic N) is 4. The van der Waals surface area contributed by atoms with E-state index in [2.05, 4.69) is 63.2 Å². The Kier molecular flexibility index (Phi) is 7.90. The van der Waals surface area contributed by atoms with Gasteiger partial charge in [-0.2, -0.15) is 0 Å². The fraction of sp³-hybridized carbons (Fsp3) is 0.423. The van der Waals surface area contributed by atoms with Gasteiger partial charge in [-0.15, -0.1) is 11.8 Å². The first-order valence-electron chi connectivity index (χ1n) is 11.8. The number of piperazine rings is 1. The second-order valence-electron chi connectivity index (χ2n) is 8.83. The van der Waals surface area contributed by atoms with Crippen LogP contribution in [0.4, 0.5) is 5.69 Å². The van der Waals surface area contributed by atoms with Crippen LogP contribution in [0.2, 0.25) is 0 Å². The highest BCUT2D eigenvalue weighted by molar-refractivity contribution is 7.98. The van der Waals surface area contributed by atoms with E-state index in [1.165, 1.54) is 23.0 Å². The maximum atomic E-state index is 13.1. The van der Waals surface area contributed by atoms with Crippen molar-refractivity contribution < 1.29 is 9.21 Å². The van der Waals surface area contributed by atoms with Crippen LogP contribution >= 0.6 is 11.8 Å². The molecular formula is C26H33N5O2S. The summed E-state index contributed by atoms with van der Waals surface area (Å²) in [5, 5.41) is 3.82. The Labute approximate surface area is 206 Å². The Bertz CT molecular complexity index is 1110. The summed E-state index contributed by atoms with van der Waals surface area (Å²) in [7, 11) is 0. The molecule has 1 aliphatic heterocycles. The van der Waals surface area contributed by atoms with Gasteiger partial charge in [-0.05, 0) is 63.3 Å². The van der Waals surface area contributed by atoms with E-state index in [1.807, 2.05) is 19.2 Å². The van der Waals surface area contributed by atoms with Crippen LogP contribution in [0.3, 0.4) is 0 Å². The number of nitrogens with one attached hydrogen (secondary N) is 1. The maximum absolute atomic E-state index is 13.1. The smallest absolute Gasteiger partial charge is 0.256 e. The molecule has 1 saturated heterocycles. The highest BCUT2D eigenvalue weighted by Crippen LogP contribution is 2.25. The van der Waals surface area contributed by atoms with Crippen LogP contribution in [0.25, 0.3) is 11.6 Å².